The van der Waals surface area contributed by atoms with E-state index in [1.807, 2.05) is 0 Å². The van der Waals surface area contributed by atoms with Gasteiger partial charge >= 0.3 is 0 Å². The molecule has 3 nitrogen and oxygen atoms in total. The fourth-order valence-electron chi connectivity index (χ4n) is 1.94. The summed E-state index contributed by atoms with van der Waals surface area (Å²) in [6.45, 7) is 0. The number of hydrogen-bond acceptors (Lipinski definition) is 3. The van der Waals surface area contributed by atoms with Crippen LogP contribution in [0.15, 0.2) is 36.4 Å². The molecule has 0 fully saturated rings. The molecule has 0 saturated carbocycles. The van der Waals surface area contributed by atoms with E-state index in [9.17, 15) is 8.78 Å². The Bertz CT molecular complexity index is 617. The summed E-state index contributed by atoms with van der Waals surface area (Å²) in [5, 5.41) is 0. The van der Waals surface area contributed by atoms with Crippen molar-refractivity contribution in [3.05, 3.63) is 59.2 Å². The van der Waals surface area contributed by atoms with Crippen LogP contribution in [-0.2, 0) is 0 Å². The third-order valence-corrected chi connectivity index (χ3v) is 3.08. The molecule has 0 aliphatic heterocycles. The molecule has 0 amide bonds. The Labute approximate surface area is 115 Å². The highest BCUT2D eigenvalue weighted by Crippen LogP contribution is 2.28. The van der Waals surface area contributed by atoms with Gasteiger partial charge in [0.05, 0.1) is 20.3 Å². The highest BCUT2D eigenvalue weighted by Gasteiger charge is 2.16. The van der Waals surface area contributed by atoms with Gasteiger partial charge < -0.3 is 15.2 Å². The Morgan fingerprint density at radius 1 is 0.950 bits per heavy atom. The van der Waals surface area contributed by atoms with Crippen LogP contribution in [0.3, 0.4) is 0 Å². The number of benzene rings is 2. The maximum absolute atomic E-state index is 14.0. The van der Waals surface area contributed by atoms with Crippen LogP contribution in [0.4, 0.5) is 8.78 Å². The number of nitrogens with two attached hydrogens (primary N) is 1. The van der Waals surface area contributed by atoms with Crippen molar-refractivity contribution in [3.8, 4) is 11.5 Å². The average molecular weight is 279 g/mol. The number of hydrogen-bond donors (Lipinski definition) is 1. The van der Waals surface area contributed by atoms with Crippen molar-refractivity contribution in [1.29, 1.82) is 0 Å². The Morgan fingerprint density at radius 3 is 2.30 bits per heavy atom. The Kier molecular flexibility index (Phi) is 4.20. The first-order valence-corrected chi connectivity index (χ1v) is 5.99. The molecule has 0 heterocycles. The van der Waals surface area contributed by atoms with Gasteiger partial charge in [-0.15, -0.1) is 0 Å². The molecule has 0 spiro atoms. The summed E-state index contributed by atoms with van der Waals surface area (Å²) in [5.41, 5.74) is 6.89. The third kappa shape index (κ3) is 2.72. The lowest BCUT2D eigenvalue weighted by Crippen LogP contribution is -2.14. The summed E-state index contributed by atoms with van der Waals surface area (Å²) >= 11 is 0. The van der Waals surface area contributed by atoms with E-state index in [-0.39, 0.29) is 5.75 Å². The molecule has 0 bridgehead atoms. The molecular formula is C15H15F2NO2. The van der Waals surface area contributed by atoms with Crippen molar-refractivity contribution in [1.82, 2.24) is 0 Å². The van der Waals surface area contributed by atoms with Gasteiger partial charge in [0, 0.05) is 11.6 Å². The molecule has 0 radical (unpaired) electrons. The lowest BCUT2D eigenvalue weighted by atomic mass is 9.98. The van der Waals surface area contributed by atoms with Crippen LogP contribution in [0.5, 0.6) is 11.5 Å². The molecule has 0 aliphatic rings. The van der Waals surface area contributed by atoms with Crippen LogP contribution in [0.2, 0.25) is 0 Å². The molecule has 5 heteroatoms. The maximum atomic E-state index is 14.0. The summed E-state index contributed by atoms with van der Waals surface area (Å²) in [6, 6.07) is 7.94. The molecule has 2 aromatic rings. The van der Waals surface area contributed by atoms with E-state index in [0.29, 0.717) is 16.9 Å². The molecule has 20 heavy (non-hydrogen) atoms. The monoisotopic (exact) mass is 279 g/mol. The Hall–Kier alpha value is -2.14. The zero-order valence-corrected chi connectivity index (χ0v) is 11.2. The molecule has 106 valence electrons. The van der Waals surface area contributed by atoms with Crippen molar-refractivity contribution < 1.29 is 18.3 Å². The van der Waals surface area contributed by atoms with Crippen LogP contribution in [-0.4, -0.2) is 14.2 Å². The van der Waals surface area contributed by atoms with Crippen LogP contribution in [0.25, 0.3) is 0 Å². The zero-order chi connectivity index (χ0) is 14.7. The molecule has 0 saturated heterocycles. The number of ether oxygens (including phenoxy) is 2. The number of methoxy groups -OCH3 is 2. The van der Waals surface area contributed by atoms with Gasteiger partial charge in [-0.25, -0.2) is 8.78 Å². The maximum Gasteiger partial charge on any atom is 0.165 e. The van der Waals surface area contributed by atoms with Gasteiger partial charge in [0.15, 0.2) is 11.6 Å². The van der Waals surface area contributed by atoms with Crippen LogP contribution >= 0.6 is 0 Å². The fraction of sp³-hybridized carbons (Fsp3) is 0.200. The quantitative estimate of drug-likeness (QED) is 0.935. The second-order valence-corrected chi connectivity index (χ2v) is 4.26. The molecule has 2 rings (SSSR count). The molecular weight excluding hydrogens is 264 g/mol. The van der Waals surface area contributed by atoms with Gasteiger partial charge in [0.1, 0.15) is 11.6 Å². The van der Waals surface area contributed by atoms with E-state index in [4.69, 9.17) is 15.2 Å². The second-order valence-electron chi connectivity index (χ2n) is 4.26. The highest BCUT2D eigenvalue weighted by atomic mass is 19.1. The van der Waals surface area contributed by atoms with E-state index < -0.39 is 17.7 Å². The minimum absolute atomic E-state index is 0.0758. The summed E-state index contributed by atoms with van der Waals surface area (Å²) in [4.78, 5) is 0. The topological polar surface area (TPSA) is 44.5 Å². The predicted octanol–water partition coefficient (Wildman–Crippen LogP) is 3.03. The first kappa shape index (κ1) is 14.3. The van der Waals surface area contributed by atoms with Crippen molar-refractivity contribution in [2.75, 3.05) is 14.2 Å². The fourth-order valence-corrected chi connectivity index (χ4v) is 1.94. The van der Waals surface area contributed by atoms with E-state index in [0.717, 1.165) is 0 Å². The van der Waals surface area contributed by atoms with Crippen LogP contribution < -0.4 is 15.2 Å². The number of rotatable bonds is 4. The summed E-state index contributed by atoms with van der Waals surface area (Å²) in [5.74, 6) is -0.471. The third-order valence-electron chi connectivity index (χ3n) is 3.08. The van der Waals surface area contributed by atoms with Gasteiger partial charge in [-0.2, -0.15) is 0 Å². The van der Waals surface area contributed by atoms with Gasteiger partial charge in [-0.1, -0.05) is 12.1 Å². The first-order valence-electron chi connectivity index (χ1n) is 5.99. The SMILES string of the molecule is COc1ccc(C(N)c2ccc(F)c(OC)c2)c(F)c1. The summed E-state index contributed by atoms with van der Waals surface area (Å²) in [6.07, 6.45) is 0. The van der Waals surface area contributed by atoms with Gasteiger partial charge in [-0.05, 0) is 23.8 Å². The van der Waals surface area contributed by atoms with Crippen molar-refractivity contribution in [3.63, 3.8) is 0 Å². The molecule has 1 unspecified atom stereocenters. The van der Waals surface area contributed by atoms with Gasteiger partial charge in [0.25, 0.3) is 0 Å². The summed E-state index contributed by atoms with van der Waals surface area (Å²) in [7, 11) is 2.82. The molecule has 2 aromatic carbocycles. The standard InChI is InChI=1S/C15H15F2NO2/c1-19-10-4-5-11(13(17)8-10)15(18)9-3-6-12(16)14(7-9)20-2/h3-8,15H,18H2,1-2H3. The Morgan fingerprint density at radius 2 is 1.70 bits per heavy atom. The van der Waals surface area contributed by atoms with Gasteiger partial charge in [0.2, 0.25) is 0 Å². The second kappa shape index (κ2) is 5.88. The zero-order valence-electron chi connectivity index (χ0n) is 11.2. The lowest BCUT2D eigenvalue weighted by Gasteiger charge is -2.15. The smallest absolute Gasteiger partial charge is 0.165 e. The van der Waals surface area contributed by atoms with E-state index in [1.54, 1.807) is 12.1 Å². The predicted molar refractivity (Wildman–Crippen MR) is 71.9 cm³/mol. The van der Waals surface area contributed by atoms with E-state index in [1.165, 1.54) is 38.5 Å². The lowest BCUT2D eigenvalue weighted by molar-refractivity contribution is 0.385. The van der Waals surface area contributed by atoms with Crippen LogP contribution in [0, 0.1) is 11.6 Å². The van der Waals surface area contributed by atoms with Crippen LogP contribution in [0.1, 0.15) is 17.2 Å². The normalized spacial score (nSPS) is 12.1. The van der Waals surface area contributed by atoms with Gasteiger partial charge in [-0.3, -0.25) is 0 Å². The average Bonchev–Trinajstić information content (AvgIpc) is 2.47. The Balaban J connectivity index is 2.38. The molecule has 2 N–H and O–H groups in total. The van der Waals surface area contributed by atoms with E-state index >= 15 is 0 Å². The number of halogens is 2. The first-order chi connectivity index (χ1) is 9.56. The van der Waals surface area contributed by atoms with Crippen molar-refractivity contribution >= 4 is 0 Å². The minimum Gasteiger partial charge on any atom is -0.497 e. The van der Waals surface area contributed by atoms with Crippen molar-refractivity contribution in [2.24, 2.45) is 5.73 Å². The molecule has 0 aromatic heterocycles. The molecule has 1 atom stereocenters. The summed E-state index contributed by atoms with van der Waals surface area (Å²) < 4.78 is 37.2. The van der Waals surface area contributed by atoms with E-state index in [2.05, 4.69) is 0 Å². The highest BCUT2D eigenvalue weighted by molar-refractivity contribution is 5.39. The minimum atomic E-state index is -0.713. The van der Waals surface area contributed by atoms with Crippen molar-refractivity contribution in [2.45, 2.75) is 6.04 Å². The largest absolute Gasteiger partial charge is 0.497 e. The molecule has 0 aliphatic carbocycles.